The summed E-state index contributed by atoms with van der Waals surface area (Å²) in [6, 6.07) is 8.57. The minimum absolute atomic E-state index is 0.412. The number of methoxy groups -OCH3 is 1. The molecule has 6 nitrogen and oxygen atoms in total. The van der Waals surface area contributed by atoms with E-state index in [0.717, 1.165) is 66.2 Å². The number of fused-ring (bicyclic) bond motifs is 1. The zero-order chi connectivity index (χ0) is 20.8. The second-order valence-corrected chi connectivity index (χ2v) is 10.2. The SMILES string of the molecule is COc1ccc2c(N3CCC4(CCCNC4)C3)cc(-c3cnc(N4CCC4)s3)nc2c1. The average Bonchev–Trinajstić information content (AvgIpc) is 3.40. The van der Waals surface area contributed by atoms with E-state index in [9.17, 15) is 0 Å². The van der Waals surface area contributed by atoms with E-state index in [-0.39, 0.29) is 0 Å². The van der Waals surface area contributed by atoms with Gasteiger partial charge in [0.1, 0.15) is 5.75 Å². The van der Waals surface area contributed by atoms with Gasteiger partial charge in [0, 0.05) is 61.5 Å². The minimum atomic E-state index is 0.412. The fourth-order valence-electron chi connectivity index (χ4n) is 5.26. The van der Waals surface area contributed by atoms with Gasteiger partial charge in [-0.25, -0.2) is 9.97 Å². The van der Waals surface area contributed by atoms with Crippen LogP contribution in [0.4, 0.5) is 10.8 Å². The Morgan fingerprint density at radius 1 is 1.10 bits per heavy atom. The Hall–Kier alpha value is -2.38. The van der Waals surface area contributed by atoms with Crippen molar-refractivity contribution in [2.24, 2.45) is 5.41 Å². The van der Waals surface area contributed by atoms with Gasteiger partial charge in [0.25, 0.3) is 0 Å². The molecule has 1 N–H and O–H groups in total. The Kier molecular flexibility index (Phi) is 4.76. The van der Waals surface area contributed by atoms with Crippen LogP contribution in [0.15, 0.2) is 30.5 Å². The van der Waals surface area contributed by atoms with Gasteiger partial charge in [0.2, 0.25) is 0 Å². The maximum atomic E-state index is 5.50. The molecule has 7 heteroatoms. The number of rotatable bonds is 4. The predicted molar refractivity (Wildman–Crippen MR) is 128 cm³/mol. The van der Waals surface area contributed by atoms with Crippen LogP contribution in [-0.4, -0.2) is 56.3 Å². The normalized spacial score (nSPS) is 23.5. The first kappa shape index (κ1) is 19.3. The molecule has 0 aliphatic carbocycles. The molecule has 1 atom stereocenters. The zero-order valence-corrected chi connectivity index (χ0v) is 18.9. The zero-order valence-electron chi connectivity index (χ0n) is 18.1. The van der Waals surface area contributed by atoms with Crippen LogP contribution >= 0.6 is 11.3 Å². The largest absolute Gasteiger partial charge is 0.497 e. The van der Waals surface area contributed by atoms with E-state index < -0.39 is 0 Å². The number of nitrogens with zero attached hydrogens (tertiary/aromatic N) is 4. The summed E-state index contributed by atoms with van der Waals surface area (Å²) < 4.78 is 5.50. The average molecular weight is 436 g/mol. The first-order chi connectivity index (χ1) is 15.2. The molecule has 0 saturated carbocycles. The molecule has 3 aliphatic heterocycles. The van der Waals surface area contributed by atoms with Gasteiger partial charge in [-0.2, -0.15) is 0 Å². The number of aromatic nitrogens is 2. The Labute approximate surface area is 187 Å². The van der Waals surface area contributed by atoms with Crippen molar-refractivity contribution in [3.63, 3.8) is 0 Å². The number of piperidine rings is 1. The van der Waals surface area contributed by atoms with E-state index in [0.29, 0.717) is 5.41 Å². The van der Waals surface area contributed by atoms with Crippen LogP contribution in [0.5, 0.6) is 5.75 Å². The van der Waals surface area contributed by atoms with Crippen LogP contribution in [0.2, 0.25) is 0 Å². The fourth-order valence-corrected chi connectivity index (χ4v) is 6.19. The van der Waals surface area contributed by atoms with E-state index in [1.165, 1.54) is 36.8 Å². The summed E-state index contributed by atoms with van der Waals surface area (Å²) in [7, 11) is 1.72. The number of nitrogens with one attached hydrogen (secondary N) is 1. The maximum Gasteiger partial charge on any atom is 0.185 e. The molecule has 3 saturated heterocycles. The molecule has 5 heterocycles. The summed E-state index contributed by atoms with van der Waals surface area (Å²) in [6.45, 7) is 6.75. The number of anilines is 2. The Morgan fingerprint density at radius 3 is 2.81 bits per heavy atom. The highest BCUT2D eigenvalue weighted by molar-refractivity contribution is 7.18. The number of hydrogen-bond donors (Lipinski definition) is 1. The summed E-state index contributed by atoms with van der Waals surface area (Å²) in [6.07, 6.45) is 7.13. The lowest BCUT2D eigenvalue weighted by Crippen LogP contribution is -2.41. The van der Waals surface area contributed by atoms with Crippen molar-refractivity contribution >= 4 is 33.1 Å². The summed E-state index contributed by atoms with van der Waals surface area (Å²) in [5.74, 6) is 0.850. The monoisotopic (exact) mass is 435 g/mol. The standard InChI is InChI=1S/C24H29N5OS/c1-30-17-4-5-18-19(12-17)27-20(22-14-26-23(31-22)28-9-3-10-28)13-21(18)29-11-7-24(16-29)6-2-8-25-15-24/h4-5,12-14,25H,2-3,6-11,15-16H2,1H3. The van der Waals surface area contributed by atoms with E-state index in [2.05, 4.69) is 44.4 Å². The molecule has 162 valence electrons. The van der Waals surface area contributed by atoms with E-state index >= 15 is 0 Å². The second-order valence-electron chi connectivity index (χ2n) is 9.21. The molecule has 6 rings (SSSR count). The van der Waals surface area contributed by atoms with Gasteiger partial charge in [-0.05, 0) is 50.4 Å². The van der Waals surface area contributed by atoms with Crippen molar-refractivity contribution in [1.82, 2.24) is 15.3 Å². The van der Waals surface area contributed by atoms with Gasteiger partial charge in [0.15, 0.2) is 5.13 Å². The first-order valence-electron chi connectivity index (χ1n) is 11.4. The van der Waals surface area contributed by atoms with Gasteiger partial charge in [-0.1, -0.05) is 11.3 Å². The van der Waals surface area contributed by atoms with Crippen molar-refractivity contribution < 1.29 is 4.74 Å². The predicted octanol–water partition coefficient (Wildman–Crippen LogP) is 4.16. The van der Waals surface area contributed by atoms with Crippen LogP contribution in [0.25, 0.3) is 21.5 Å². The Morgan fingerprint density at radius 2 is 2.03 bits per heavy atom. The van der Waals surface area contributed by atoms with Gasteiger partial charge in [0.05, 0.1) is 23.2 Å². The van der Waals surface area contributed by atoms with Gasteiger partial charge in [-0.3, -0.25) is 0 Å². The molecule has 3 aliphatic rings. The van der Waals surface area contributed by atoms with E-state index in [1.54, 1.807) is 18.4 Å². The molecule has 3 fully saturated rings. The van der Waals surface area contributed by atoms with Gasteiger partial charge >= 0.3 is 0 Å². The number of pyridine rings is 1. The van der Waals surface area contributed by atoms with Crippen molar-refractivity contribution in [3.8, 4) is 16.3 Å². The molecule has 2 aromatic heterocycles. The molecule has 0 radical (unpaired) electrons. The molecular weight excluding hydrogens is 406 g/mol. The van der Waals surface area contributed by atoms with Gasteiger partial charge in [-0.15, -0.1) is 0 Å². The van der Waals surface area contributed by atoms with Crippen molar-refractivity contribution in [1.29, 1.82) is 0 Å². The van der Waals surface area contributed by atoms with E-state index in [1.807, 2.05) is 6.20 Å². The molecule has 0 bridgehead atoms. The summed E-state index contributed by atoms with van der Waals surface area (Å²) in [4.78, 5) is 15.8. The summed E-state index contributed by atoms with van der Waals surface area (Å²) in [5.41, 5.74) is 3.72. The Bertz CT molecular complexity index is 1100. The third-order valence-electron chi connectivity index (χ3n) is 7.21. The summed E-state index contributed by atoms with van der Waals surface area (Å²) >= 11 is 1.75. The molecule has 31 heavy (non-hydrogen) atoms. The quantitative estimate of drug-likeness (QED) is 0.664. The van der Waals surface area contributed by atoms with E-state index in [4.69, 9.17) is 9.72 Å². The highest BCUT2D eigenvalue weighted by Crippen LogP contribution is 2.42. The number of benzene rings is 1. The lowest BCUT2D eigenvalue weighted by molar-refractivity contribution is 0.239. The number of ether oxygens (including phenoxy) is 1. The van der Waals surface area contributed by atoms with Crippen molar-refractivity contribution in [2.45, 2.75) is 25.7 Å². The smallest absolute Gasteiger partial charge is 0.185 e. The van der Waals surface area contributed by atoms with Crippen molar-refractivity contribution in [3.05, 3.63) is 30.5 Å². The molecule has 1 unspecified atom stereocenters. The fraction of sp³-hybridized carbons (Fsp3) is 0.500. The van der Waals surface area contributed by atoms with Crippen LogP contribution in [0.1, 0.15) is 25.7 Å². The topological polar surface area (TPSA) is 53.5 Å². The third-order valence-corrected chi connectivity index (χ3v) is 8.29. The third kappa shape index (κ3) is 3.44. The molecule has 1 aromatic carbocycles. The van der Waals surface area contributed by atoms with Crippen molar-refractivity contribution in [2.75, 3.05) is 56.2 Å². The molecule has 1 spiro atoms. The lowest BCUT2D eigenvalue weighted by atomic mass is 9.80. The van der Waals surface area contributed by atoms with Crippen LogP contribution in [0, 0.1) is 5.41 Å². The van der Waals surface area contributed by atoms with Gasteiger partial charge < -0.3 is 19.9 Å². The maximum absolute atomic E-state index is 5.50. The van der Waals surface area contributed by atoms with Crippen LogP contribution < -0.4 is 19.9 Å². The van der Waals surface area contributed by atoms with Crippen LogP contribution in [-0.2, 0) is 0 Å². The Balaban J connectivity index is 1.41. The highest BCUT2D eigenvalue weighted by atomic mass is 32.1. The van der Waals surface area contributed by atoms with Crippen LogP contribution in [0.3, 0.4) is 0 Å². The molecule has 0 amide bonds. The lowest BCUT2D eigenvalue weighted by Gasteiger charge is -2.34. The number of thiazole rings is 1. The molecule has 3 aromatic rings. The second kappa shape index (κ2) is 7.64. The highest BCUT2D eigenvalue weighted by Gasteiger charge is 2.39. The number of hydrogen-bond acceptors (Lipinski definition) is 7. The summed E-state index contributed by atoms with van der Waals surface area (Å²) in [5, 5.41) is 5.96. The minimum Gasteiger partial charge on any atom is -0.497 e. The molecular formula is C24H29N5OS. The first-order valence-corrected chi connectivity index (χ1v) is 12.2.